The SMILES string of the molecule is COC(=O)N1CC(C(=O)Cl)=CC(C)C1. The third-order valence-electron chi connectivity index (χ3n) is 2.04. The number of nitrogens with zero attached hydrogens (tertiary/aromatic N) is 1. The number of methoxy groups -OCH3 is 1. The summed E-state index contributed by atoms with van der Waals surface area (Å²) in [4.78, 5) is 23.6. The predicted molar refractivity (Wildman–Crippen MR) is 52.1 cm³/mol. The third kappa shape index (κ3) is 2.48. The summed E-state index contributed by atoms with van der Waals surface area (Å²) in [5, 5.41) is -0.509. The van der Waals surface area contributed by atoms with E-state index in [1.807, 2.05) is 6.92 Å². The molecule has 1 unspecified atom stereocenters. The Labute approximate surface area is 87.5 Å². The van der Waals surface area contributed by atoms with Gasteiger partial charge in [0.05, 0.1) is 13.7 Å². The van der Waals surface area contributed by atoms with Crippen LogP contribution < -0.4 is 0 Å². The van der Waals surface area contributed by atoms with Gasteiger partial charge in [-0.2, -0.15) is 0 Å². The molecule has 5 heteroatoms. The van der Waals surface area contributed by atoms with Crippen LogP contribution in [0.2, 0.25) is 0 Å². The van der Waals surface area contributed by atoms with E-state index >= 15 is 0 Å². The fraction of sp³-hybridized carbons (Fsp3) is 0.556. The summed E-state index contributed by atoms with van der Waals surface area (Å²) in [7, 11) is 1.31. The lowest BCUT2D eigenvalue weighted by molar-refractivity contribution is -0.108. The smallest absolute Gasteiger partial charge is 0.409 e. The molecule has 1 amide bonds. The number of hydrogen-bond acceptors (Lipinski definition) is 3. The zero-order chi connectivity index (χ0) is 10.7. The summed E-state index contributed by atoms with van der Waals surface area (Å²) in [5.74, 6) is 0.126. The standard InChI is InChI=1S/C9H12ClNO3/c1-6-3-7(8(10)12)5-11(4-6)9(13)14-2/h3,6H,4-5H2,1-2H3. The van der Waals surface area contributed by atoms with Gasteiger partial charge in [0.1, 0.15) is 0 Å². The van der Waals surface area contributed by atoms with Gasteiger partial charge in [-0.15, -0.1) is 0 Å². The van der Waals surface area contributed by atoms with Crippen LogP contribution in [-0.4, -0.2) is 36.4 Å². The van der Waals surface area contributed by atoms with Crippen LogP contribution in [0.15, 0.2) is 11.6 Å². The average Bonchev–Trinajstić information content (AvgIpc) is 2.15. The first-order valence-corrected chi connectivity index (χ1v) is 4.65. The van der Waals surface area contributed by atoms with E-state index in [0.29, 0.717) is 12.1 Å². The number of carbonyl (C=O) groups is 2. The molecule has 0 spiro atoms. The van der Waals surface area contributed by atoms with Crippen LogP contribution in [-0.2, 0) is 9.53 Å². The molecule has 0 aromatic heterocycles. The van der Waals surface area contributed by atoms with Crippen LogP contribution in [0.3, 0.4) is 0 Å². The van der Waals surface area contributed by atoms with Crippen molar-refractivity contribution in [1.82, 2.24) is 4.90 Å². The molecule has 78 valence electrons. The van der Waals surface area contributed by atoms with Crippen LogP contribution >= 0.6 is 11.6 Å². The Morgan fingerprint density at radius 3 is 2.79 bits per heavy atom. The first-order chi connectivity index (χ1) is 6.54. The van der Waals surface area contributed by atoms with Crippen molar-refractivity contribution in [2.75, 3.05) is 20.2 Å². The van der Waals surface area contributed by atoms with Crippen LogP contribution in [0.4, 0.5) is 4.79 Å². The molecule has 1 aliphatic heterocycles. The minimum absolute atomic E-state index is 0.126. The molecular weight excluding hydrogens is 206 g/mol. The highest BCUT2D eigenvalue weighted by Gasteiger charge is 2.24. The molecule has 0 saturated carbocycles. The molecule has 1 rings (SSSR count). The van der Waals surface area contributed by atoms with Crippen molar-refractivity contribution in [3.05, 3.63) is 11.6 Å². The Morgan fingerprint density at radius 1 is 1.64 bits per heavy atom. The Hall–Kier alpha value is -1.03. The number of rotatable bonds is 1. The summed E-state index contributed by atoms with van der Waals surface area (Å²) in [6.07, 6.45) is 1.36. The Kier molecular flexibility index (Phi) is 3.52. The minimum Gasteiger partial charge on any atom is -0.453 e. The lowest BCUT2D eigenvalue weighted by Crippen LogP contribution is -2.39. The number of amides is 1. The molecule has 1 heterocycles. The summed E-state index contributed by atoms with van der Waals surface area (Å²) in [5.41, 5.74) is 0.454. The lowest BCUT2D eigenvalue weighted by Gasteiger charge is -2.28. The zero-order valence-electron chi connectivity index (χ0n) is 8.12. The highest BCUT2D eigenvalue weighted by Crippen LogP contribution is 2.17. The first-order valence-electron chi connectivity index (χ1n) is 4.28. The van der Waals surface area contributed by atoms with E-state index in [2.05, 4.69) is 4.74 Å². The van der Waals surface area contributed by atoms with Crippen molar-refractivity contribution < 1.29 is 14.3 Å². The summed E-state index contributed by atoms with van der Waals surface area (Å²) >= 11 is 5.35. The predicted octanol–water partition coefficient (Wildman–Crippen LogP) is 1.40. The van der Waals surface area contributed by atoms with Crippen LogP contribution in [0.25, 0.3) is 0 Å². The van der Waals surface area contributed by atoms with E-state index in [9.17, 15) is 9.59 Å². The van der Waals surface area contributed by atoms with Gasteiger partial charge < -0.3 is 9.64 Å². The summed E-state index contributed by atoms with van der Waals surface area (Å²) < 4.78 is 4.57. The maximum absolute atomic E-state index is 11.2. The Bertz CT molecular complexity index is 288. The van der Waals surface area contributed by atoms with Crippen LogP contribution in [0, 0.1) is 5.92 Å². The molecule has 0 fully saturated rings. The van der Waals surface area contributed by atoms with E-state index in [1.54, 1.807) is 6.08 Å². The molecule has 0 radical (unpaired) electrons. The third-order valence-corrected chi connectivity index (χ3v) is 2.28. The lowest BCUT2D eigenvalue weighted by atomic mass is 10.0. The van der Waals surface area contributed by atoms with Gasteiger partial charge in [0.15, 0.2) is 0 Å². The van der Waals surface area contributed by atoms with Crippen molar-refractivity contribution in [1.29, 1.82) is 0 Å². The van der Waals surface area contributed by atoms with Gasteiger partial charge in [0.25, 0.3) is 0 Å². The molecule has 0 saturated heterocycles. The van der Waals surface area contributed by atoms with E-state index in [-0.39, 0.29) is 12.5 Å². The second-order valence-electron chi connectivity index (χ2n) is 3.29. The van der Waals surface area contributed by atoms with Gasteiger partial charge in [0.2, 0.25) is 5.24 Å². The van der Waals surface area contributed by atoms with Crippen molar-refractivity contribution in [2.45, 2.75) is 6.92 Å². The van der Waals surface area contributed by atoms with E-state index < -0.39 is 11.3 Å². The molecule has 4 nitrogen and oxygen atoms in total. The number of halogens is 1. The molecule has 0 aliphatic carbocycles. The molecule has 0 bridgehead atoms. The van der Waals surface area contributed by atoms with Gasteiger partial charge in [-0.25, -0.2) is 4.79 Å². The number of carbonyl (C=O) groups excluding carboxylic acids is 2. The van der Waals surface area contributed by atoms with Gasteiger partial charge in [-0.05, 0) is 17.5 Å². The quantitative estimate of drug-likeness (QED) is 0.624. The van der Waals surface area contributed by atoms with Crippen LogP contribution in [0.5, 0.6) is 0 Å². The fourth-order valence-electron chi connectivity index (χ4n) is 1.46. The largest absolute Gasteiger partial charge is 0.453 e. The second-order valence-corrected chi connectivity index (χ2v) is 3.64. The van der Waals surface area contributed by atoms with Crippen LogP contribution in [0.1, 0.15) is 6.92 Å². The molecule has 0 aromatic carbocycles. The maximum Gasteiger partial charge on any atom is 0.409 e. The molecule has 1 aliphatic rings. The summed E-state index contributed by atoms with van der Waals surface area (Å²) in [6.45, 7) is 2.70. The van der Waals surface area contributed by atoms with Crippen molar-refractivity contribution in [2.24, 2.45) is 5.92 Å². The van der Waals surface area contributed by atoms with Crippen molar-refractivity contribution in [3.63, 3.8) is 0 Å². The molecule has 1 atom stereocenters. The highest BCUT2D eigenvalue weighted by atomic mass is 35.5. The topological polar surface area (TPSA) is 46.6 Å². The Balaban J connectivity index is 2.75. The molecule has 0 N–H and O–H groups in total. The van der Waals surface area contributed by atoms with E-state index in [0.717, 1.165) is 0 Å². The van der Waals surface area contributed by atoms with Crippen molar-refractivity contribution in [3.8, 4) is 0 Å². The zero-order valence-corrected chi connectivity index (χ0v) is 8.87. The fourth-order valence-corrected chi connectivity index (χ4v) is 1.59. The molecule has 0 aromatic rings. The highest BCUT2D eigenvalue weighted by molar-refractivity contribution is 6.67. The number of ether oxygens (including phenoxy) is 1. The maximum atomic E-state index is 11.2. The van der Waals surface area contributed by atoms with E-state index in [4.69, 9.17) is 11.6 Å². The first kappa shape index (κ1) is 11.0. The summed E-state index contributed by atoms with van der Waals surface area (Å²) in [6, 6.07) is 0. The van der Waals surface area contributed by atoms with Gasteiger partial charge in [-0.1, -0.05) is 13.0 Å². The van der Waals surface area contributed by atoms with Crippen molar-refractivity contribution >= 4 is 22.9 Å². The van der Waals surface area contributed by atoms with Gasteiger partial charge >= 0.3 is 6.09 Å². The Morgan fingerprint density at radius 2 is 2.29 bits per heavy atom. The average molecular weight is 218 g/mol. The normalized spacial score (nSPS) is 21.5. The monoisotopic (exact) mass is 217 g/mol. The molecule has 14 heavy (non-hydrogen) atoms. The minimum atomic E-state index is -0.509. The van der Waals surface area contributed by atoms with E-state index in [1.165, 1.54) is 12.0 Å². The van der Waals surface area contributed by atoms with Gasteiger partial charge in [-0.3, -0.25) is 4.79 Å². The van der Waals surface area contributed by atoms with Gasteiger partial charge in [0, 0.05) is 12.1 Å². The number of hydrogen-bond donors (Lipinski definition) is 0. The second kappa shape index (κ2) is 4.46. The molecular formula is C9H12ClNO3.